The summed E-state index contributed by atoms with van der Waals surface area (Å²) in [4.78, 5) is 40.4. The standard InChI is InChI=1S/C21H29N3O3S/c1-13-4-2-3-5-16(13)22-19(25)15-8-6-14(7-9-15)12-24-20(26)18-17(10-11-28-18)23-21(24)27/h10-11,13-16H,2-9,12H2,1H3,(H,22,25)(H,23,27). The van der Waals surface area contributed by atoms with Gasteiger partial charge in [0.2, 0.25) is 5.91 Å². The molecule has 0 aromatic carbocycles. The molecule has 2 aliphatic carbocycles. The van der Waals surface area contributed by atoms with Crippen LogP contribution in [-0.2, 0) is 11.3 Å². The highest BCUT2D eigenvalue weighted by molar-refractivity contribution is 7.17. The molecular weight excluding hydrogens is 374 g/mol. The number of hydrogen-bond donors (Lipinski definition) is 2. The van der Waals surface area contributed by atoms with Crippen LogP contribution in [0.3, 0.4) is 0 Å². The van der Waals surface area contributed by atoms with E-state index < -0.39 is 0 Å². The van der Waals surface area contributed by atoms with Gasteiger partial charge in [-0.05, 0) is 61.8 Å². The van der Waals surface area contributed by atoms with E-state index in [1.165, 1.54) is 35.2 Å². The SMILES string of the molecule is CC1CCCCC1NC(=O)C1CCC(Cn2c(=O)[nH]c3ccsc3c2=O)CC1. The third-order valence-electron chi connectivity index (χ3n) is 6.69. The van der Waals surface area contributed by atoms with Crippen molar-refractivity contribution in [3.05, 3.63) is 32.3 Å². The number of aromatic amines is 1. The van der Waals surface area contributed by atoms with Crippen LogP contribution < -0.4 is 16.6 Å². The number of nitrogens with zero attached hydrogens (tertiary/aromatic N) is 1. The molecule has 0 bridgehead atoms. The van der Waals surface area contributed by atoms with Gasteiger partial charge in [-0.2, -0.15) is 0 Å². The summed E-state index contributed by atoms with van der Waals surface area (Å²) in [7, 11) is 0. The molecule has 2 N–H and O–H groups in total. The van der Waals surface area contributed by atoms with Gasteiger partial charge in [-0.15, -0.1) is 11.3 Å². The monoisotopic (exact) mass is 403 g/mol. The highest BCUT2D eigenvalue weighted by Crippen LogP contribution is 2.31. The number of carbonyl (C=O) groups excluding carboxylic acids is 1. The van der Waals surface area contributed by atoms with Crippen molar-refractivity contribution in [2.45, 2.75) is 70.9 Å². The van der Waals surface area contributed by atoms with Gasteiger partial charge in [0.25, 0.3) is 5.56 Å². The minimum absolute atomic E-state index is 0.0696. The van der Waals surface area contributed by atoms with Crippen LogP contribution in [0.1, 0.15) is 58.3 Å². The highest BCUT2D eigenvalue weighted by atomic mass is 32.1. The first-order valence-electron chi connectivity index (χ1n) is 10.5. The molecular formula is C21H29N3O3S. The van der Waals surface area contributed by atoms with Crippen molar-refractivity contribution in [1.82, 2.24) is 14.9 Å². The fourth-order valence-electron chi connectivity index (χ4n) is 4.83. The van der Waals surface area contributed by atoms with Gasteiger partial charge in [-0.1, -0.05) is 19.8 Å². The summed E-state index contributed by atoms with van der Waals surface area (Å²) in [5.74, 6) is 1.11. The highest BCUT2D eigenvalue weighted by Gasteiger charge is 2.30. The topological polar surface area (TPSA) is 84.0 Å². The van der Waals surface area contributed by atoms with Gasteiger partial charge in [0.05, 0.1) is 5.52 Å². The summed E-state index contributed by atoms with van der Waals surface area (Å²) in [6.45, 7) is 2.68. The fraction of sp³-hybridized carbons (Fsp3) is 0.667. The quantitative estimate of drug-likeness (QED) is 0.822. The van der Waals surface area contributed by atoms with Gasteiger partial charge >= 0.3 is 5.69 Å². The molecule has 2 aliphatic rings. The molecule has 0 radical (unpaired) electrons. The van der Waals surface area contributed by atoms with E-state index in [2.05, 4.69) is 17.2 Å². The zero-order chi connectivity index (χ0) is 19.7. The predicted molar refractivity (Wildman–Crippen MR) is 112 cm³/mol. The average molecular weight is 404 g/mol. The maximum absolute atomic E-state index is 12.7. The van der Waals surface area contributed by atoms with Gasteiger partial charge < -0.3 is 10.3 Å². The molecule has 0 spiro atoms. The Morgan fingerprint density at radius 2 is 1.93 bits per heavy atom. The van der Waals surface area contributed by atoms with Gasteiger partial charge in [0.1, 0.15) is 4.70 Å². The molecule has 152 valence electrons. The second-order valence-corrected chi connectivity index (χ2v) is 9.52. The van der Waals surface area contributed by atoms with Crippen LogP contribution >= 0.6 is 11.3 Å². The normalized spacial score (nSPS) is 28.3. The summed E-state index contributed by atoms with van der Waals surface area (Å²) >= 11 is 1.36. The van der Waals surface area contributed by atoms with Gasteiger partial charge in [0.15, 0.2) is 0 Å². The molecule has 2 heterocycles. The third kappa shape index (κ3) is 3.95. The van der Waals surface area contributed by atoms with Crippen LogP contribution in [-0.4, -0.2) is 21.5 Å². The minimum Gasteiger partial charge on any atom is -0.353 e. The molecule has 2 aromatic rings. The number of hydrogen-bond acceptors (Lipinski definition) is 4. The summed E-state index contributed by atoms with van der Waals surface area (Å²) < 4.78 is 1.95. The minimum atomic E-state index is -0.331. The van der Waals surface area contributed by atoms with E-state index in [0.717, 1.165) is 32.1 Å². The molecule has 1 amide bonds. The molecule has 2 atom stereocenters. The molecule has 0 saturated heterocycles. The van der Waals surface area contributed by atoms with Gasteiger partial charge in [-0.3, -0.25) is 14.2 Å². The van der Waals surface area contributed by atoms with E-state index in [1.54, 1.807) is 6.07 Å². The number of fused-ring (bicyclic) bond motifs is 1. The second-order valence-electron chi connectivity index (χ2n) is 8.60. The lowest BCUT2D eigenvalue weighted by molar-refractivity contribution is -0.127. The van der Waals surface area contributed by atoms with E-state index in [-0.39, 0.29) is 29.0 Å². The molecule has 2 fully saturated rings. The Morgan fingerprint density at radius 3 is 2.68 bits per heavy atom. The summed E-state index contributed by atoms with van der Waals surface area (Å²) in [5, 5.41) is 5.11. The van der Waals surface area contributed by atoms with Gasteiger partial charge in [0, 0.05) is 18.5 Å². The van der Waals surface area contributed by atoms with E-state index in [0.29, 0.717) is 28.7 Å². The Hall–Kier alpha value is -1.89. The zero-order valence-corrected chi connectivity index (χ0v) is 17.2. The van der Waals surface area contributed by atoms with E-state index in [9.17, 15) is 14.4 Å². The number of nitrogens with one attached hydrogen (secondary N) is 2. The molecule has 2 aromatic heterocycles. The van der Waals surface area contributed by atoms with Crippen LogP contribution in [0.5, 0.6) is 0 Å². The Bertz CT molecular complexity index is 952. The maximum Gasteiger partial charge on any atom is 0.328 e. The van der Waals surface area contributed by atoms with Crippen molar-refractivity contribution in [3.8, 4) is 0 Å². The second kappa shape index (κ2) is 8.23. The maximum atomic E-state index is 12.7. The van der Waals surface area contributed by atoms with Crippen molar-refractivity contribution in [3.63, 3.8) is 0 Å². The Balaban J connectivity index is 1.35. The fourth-order valence-corrected chi connectivity index (χ4v) is 5.63. The molecule has 28 heavy (non-hydrogen) atoms. The molecule has 7 heteroatoms. The lowest BCUT2D eigenvalue weighted by atomic mass is 9.80. The first-order valence-corrected chi connectivity index (χ1v) is 11.4. The Labute approximate surface area is 168 Å². The van der Waals surface area contributed by atoms with Crippen LogP contribution in [0, 0.1) is 17.8 Å². The third-order valence-corrected chi connectivity index (χ3v) is 7.59. The van der Waals surface area contributed by atoms with Crippen LogP contribution in [0.15, 0.2) is 21.0 Å². The average Bonchev–Trinajstić information content (AvgIpc) is 3.16. The van der Waals surface area contributed by atoms with Crippen molar-refractivity contribution >= 4 is 27.5 Å². The molecule has 2 unspecified atom stereocenters. The lowest BCUT2D eigenvalue weighted by Crippen LogP contribution is -2.44. The van der Waals surface area contributed by atoms with Crippen molar-refractivity contribution in [2.75, 3.05) is 0 Å². The molecule has 2 saturated carbocycles. The van der Waals surface area contributed by atoms with Crippen molar-refractivity contribution in [1.29, 1.82) is 0 Å². The summed E-state index contributed by atoms with van der Waals surface area (Å²) in [6, 6.07) is 2.10. The number of H-pyrrole nitrogens is 1. The predicted octanol–water partition coefficient (Wildman–Crippen LogP) is 3.25. The van der Waals surface area contributed by atoms with E-state index in [1.807, 2.05) is 5.38 Å². The first kappa shape index (κ1) is 19.4. The first-order chi connectivity index (χ1) is 13.5. The van der Waals surface area contributed by atoms with E-state index in [4.69, 9.17) is 0 Å². The Morgan fingerprint density at radius 1 is 1.18 bits per heavy atom. The zero-order valence-electron chi connectivity index (χ0n) is 16.4. The van der Waals surface area contributed by atoms with Crippen molar-refractivity contribution in [2.24, 2.45) is 17.8 Å². The van der Waals surface area contributed by atoms with E-state index >= 15 is 0 Å². The number of carbonyl (C=O) groups is 1. The summed E-state index contributed by atoms with van der Waals surface area (Å²) in [5.41, 5.74) is 0.0931. The number of amides is 1. The number of thiophene rings is 1. The molecule has 6 nitrogen and oxygen atoms in total. The smallest absolute Gasteiger partial charge is 0.328 e. The summed E-state index contributed by atoms with van der Waals surface area (Å²) in [6.07, 6.45) is 8.22. The Kier molecular flexibility index (Phi) is 5.71. The number of rotatable bonds is 4. The van der Waals surface area contributed by atoms with Crippen LogP contribution in [0.4, 0.5) is 0 Å². The lowest BCUT2D eigenvalue weighted by Gasteiger charge is -2.33. The molecule has 4 rings (SSSR count). The number of aromatic nitrogens is 2. The van der Waals surface area contributed by atoms with Crippen LogP contribution in [0.2, 0.25) is 0 Å². The molecule has 0 aliphatic heterocycles. The van der Waals surface area contributed by atoms with Crippen LogP contribution in [0.25, 0.3) is 10.2 Å². The largest absolute Gasteiger partial charge is 0.353 e. The van der Waals surface area contributed by atoms with Gasteiger partial charge in [-0.25, -0.2) is 4.79 Å². The van der Waals surface area contributed by atoms with Crippen molar-refractivity contribution < 1.29 is 4.79 Å².